The Bertz CT molecular complexity index is 399. The predicted octanol–water partition coefficient (Wildman–Crippen LogP) is 3.24. The van der Waals surface area contributed by atoms with Crippen LogP contribution in [0.5, 0.6) is 5.75 Å². The van der Waals surface area contributed by atoms with Crippen molar-refractivity contribution in [2.45, 2.75) is 0 Å². The minimum absolute atomic E-state index is 0.186. The molecule has 0 fully saturated rings. The molecule has 1 rings (SSSR count). The molecule has 0 aliphatic rings. The van der Waals surface area contributed by atoms with E-state index in [2.05, 4.69) is 37.2 Å². The van der Waals surface area contributed by atoms with Gasteiger partial charge in [0.15, 0.2) is 0 Å². The van der Waals surface area contributed by atoms with Gasteiger partial charge >= 0.3 is 0 Å². The highest BCUT2D eigenvalue weighted by Crippen LogP contribution is 2.30. The number of benzene rings is 1. The molecule has 16 heavy (non-hydrogen) atoms. The average Bonchev–Trinajstić information content (AvgIpc) is 2.28. The van der Waals surface area contributed by atoms with Crippen molar-refractivity contribution in [2.75, 3.05) is 19.0 Å². The smallest absolute Gasteiger partial charge is 0.255 e. The van der Waals surface area contributed by atoms with Gasteiger partial charge in [-0.25, -0.2) is 0 Å². The van der Waals surface area contributed by atoms with E-state index in [1.54, 1.807) is 12.1 Å². The van der Waals surface area contributed by atoms with Crippen molar-refractivity contribution in [2.24, 2.45) is 0 Å². The fourth-order valence-corrected chi connectivity index (χ4v) is 1.83. The molecule has 1 N–H and O–H groups in total. The highest BCUT2D eigenvalue weighted by Gasteiger charge is 2.14. The van der Waals surface area contributed by atoms with Crippen LogP contribution in [0.3, 0.4) is 0 Å². The lowest BCUT2D eigenvalue weighted by Gasteiger charge is -2.10. The Morgan fingerprint density at radius 2 is 2.25 bits per heavy atom. The van der Waals surface area contributed by atoms with Crippen LogP contribution in [0.4, 0.5) is 0 Å². The van der Waals surface area contributed by atoms with E-state index in [9.17, 15) is 4.79 Å². The van der Waals surface area contributed by atoms with E-state index in [0.29, 0.717) is 32.7 Å². The van der Waals surface area contributed by atoms with Crippen LogP contribution in [0.15, 0.2) is 16.6 Å². The summed E-state index contributed by atoms with van der Waals surface area (Å²) in [6.07, 6.45) is 0. The second-order valence-electron chi connectivity index (χ2n) is 2.91. The van der Waals surface area contributed by atoms with Crippen LogP contribution in [-0.2, 0) is 0 Å². The number of methoxy groups -OCH3 is 1. The quantitative estimate of drug-likeness (QED) is 0.826. The Morgan fingerprint density at radius 3 is 2.81 bits per heavy atom. The van der Waals surface area contributed by atoms with Crippen LogP contribution >= 0.6 is 43.5 Å². The lowest BCUT2D eigenvalue weighted by Crippen LogP contribution is -2.25. The number of alkyl halides is 1. The molecule has 3 nitrogen and oxygen atoms in total. The van der Waals surface area contributed by atoms with E-state index in [0.717, 1.165) is 0 Å². The van der Waals surface area contributed by atoms with Crippen molar-refractivity contribution >= 4 is 49.4 Å². The SMILES string of the molecule is COc1cc(Cl)c(Br)cc1C(=O)NCCBr. The minimum Gasteiger partial charge on any atom is -0.496 e. The number of carbonyl (C=O) groups is 1. The Hall–Kier alpha value is -0.260. The van der Waals surface area contributed by atoms with Gasteiger partial charge in [0.2, 0.25) is 0 Å². The van der Waals surface area contributed by atoms with E-state index in [-0.39, 0.29) is 5.91 Å². The first kappa shape index (κ1) is 13.8. The van der Waals surface area contributed by atoms with Crippen molar-refractivity contribution < 1.29 is 9.53 Å². The van der Waals surface area contributed by atoms with Gasteiger partial charge in [0, 0.05) is 22.4 Å². The fraction of sp³-hybridized carbons (Fsp3) is 0.300. The Labute approximate surface area is 116 Å². The number of hydrogen-bond acceptors (Lipinski definition) is 2. The van der Waals surface area contributed by atoms with Gasteiger partial charge in [-0.3, -0.25) is 4.79 Å². The lowest BCUT2D eigenvalue weighted by atomic mass is 10.2. The predicted molar refractivity (Wildman–Crippen MR) is 71.8 cm³/mol. The van der Waals surface area contributed by atoms with Gasteiger partial charge in [0.1, 0.15) is 5.75 Å². The third-order valence-corrected chi connectivity index (χ3v) is 3.46. The summed E-state index contributed by atoms with van der Waals surface area (Å²) in [4.78, 5) is 11.8. The average molecular weight is 371 g/mol. The number of hydrogen-bond donors (Lipinski definition) is 1. The van der Waals surface area contributed by atoms with Crippen LogP contribution in [0.2, 0.25) is 5.02 Å². The first-order valence-electron chi connectivity index (χ1n) is 4.47. The summed E-state index contributed by atoms with van der Waals surface area (Å²) in [5.74, 6) is 0.272. The highest BCUT2D eigenvalue weighted by atomic mass is 79.9. The number of nitrogens with one attached hydrogen (secondary N) is 1. The maximum atomic E-state index is 11.8. The number of rotatable bonds is 4. The summed E-state index contributed by atoms with van der Waals surface area (Å²) in [5.41, 5.74) is 0.458. The molecule has 0 saturated heterocycles. The van der Waals surface area contributed by atoms with Gasteiger partial charge in [-0.15, -0.1) is 0 Å². The van der Waals surface area contributed by atoms with Crippen molar-refractivity contribution in [3.05, 3.63) is 27.2 Å². The molecule has 1 amide bonds. The van der Waals surface area contributed by atoms with Crippen LogP contribution < -0.4 is 10.1 Å². The molecule has 0 aromatic heterocycles. The van der Waals surface area contributed by atoms with Crippen molar-refractivity contribution in [3.63, 3.8) is 0 Å². The molecule has 0 unspecified atom stereocenters. The third kappa shape index (κ3) is 3.37. The monoisotopic (exact) mass is 369 g/mol. The lowest BCUT2D eigenvalue weighted by molar-refractivity contribution is 0.0953. The molecule has 0 saturated carbocycles. The van der Waals surface area contributed by atoms with E-state index < -0.39 is 0 Å². The second kappa shape index (κ2) is 6.47. The number of amides is 1. The molecule has 0 heterocycles. The summed E-state index contributed by atoms with van der Waals surface area (Å²) in [6, 6.07) is 3.25. The summed E-state index contributed by atoms with van der Waals surface area (Å²) in [6.45, 7) is 0.558. The molecular formula is C10H10Br2ClNO2. The molecule has 0 atom stereocenters. The first-order valence-corrected chi connectivity index (χ1v) is 6.76. The van der Waals surface area contributed by atoms with Crippen LogP contribution in [0.1, 0.15) is 10.4 Å². The molecular weight excluding hydrogens is 361 g/mol. The van der Waals surface area contributed by atoms with Gasteiger partial charge in [-0.1, -0.05) is 27.5 Å². The first-order chi connectivity index (χ1) is 7.60. The largest absolute Gasteiger partial charge is 0.496 e. The van der Waals surface area contributed by atoms with Crippen LogP contribution in [-0.4, -0.2) is 24.9 Å². The molecule has 1 aromatic rings. The standard InChI is InChI=1S/C10H10Br2ClNO2/c1-16-9-5-8(13)7(12)4-6(9)10(15)14-3-2-11/h4-5H,2-3H2,1H3,(H,14,15). The number of halogens is 3. The van der Waals surface area contributed by atoms with Gasteiger partial charge in [0.25, 0.3) is 5.91 Å². The Balaban J connectivity index is 3.02. The summed E-state index contributed by atoms with van der Waals surface area (Å²) in [7, 11) is 1.50. The molecule has 0 bridgehead atoms. The summed E-state index contributed by atoms with van der Waals surface area (Å²) < 4.78 is 5.77. The van der Waals surface area contributed by atoms with Crippen LogP contribution in [0.25, 0.3) is 0 Å². The number of ether oxygens (including phenoxy) is 1. The van der Waals surface area contributed by atoms with Crippen molar-refractivity contribution in [1.82, 2.24) is 5.32 Å². The minimum atomic E-state index is -0.186. The summed E-state index contributed by atoms with van der Waals surface area (Å²) >= 11 is 12.4. The Morgan fingerprint density at radius 1 is 1.56 bits per heavy atom. The summed E-state index contributed by atoms with van der Waals surface area (Å²) in [5, 5.41) is 3.95. The van der Waals surface area contributed by atoms with E-state index in [4.69, 9.17) is 16.3 Å². The molecule has 6 heteroatoms. The van der Waals surface area contributed by atoms with Crippen molar-refractivity contribution in [1.29, 1.82) is 0 Å². The zero-order chi connectivity index (χ0) is 12.1. The molecule has 0 aliphatic carbocycles. The van der Waals surface area contributed by atoms with E-state index in [1.807, 2.05) is 0 Å². The van der Waals surface area contributed by atoms with E-state index in [1.165, 1.54) is 7.11 Å². The fourth-order valence-electron chi connectivity index (χ4n) is 1.13. The van der Waals surface area contributed by atoms with Crippen LogP contribution in [0, 0.1) is 0 Å². The Kier molecular flexibility index (Phi) is 5.58. The van der Waals surface area contributed by atoms with Crippen molar-refractivity contribution in [3.8, 4) is 5.75 Å². The number of carbonyl (C=O) groups excluding carboxylic acids is 1. The molecule has 0 radical (unpaired) electrons. The van der Waals surface area contributed by atoms with Gasteiger partial charge in [-0.2, -0.15) is 0 Å². The maximum Gasteiger partial charge on any atom is 0.255 e. The van der Waals surface area contributed by atoms with Gasteiger partial charge < -0.3 is 10.1 Å². The highest BCUT2D eigenvalue weighted by molar-refractivity contribution is 9.10. The third-order valence-electron chi connectivity index (χ3n) is 1.87. The zero-order valence-electron chi connectivity index (χ0n) is 8.52. The molecule has 1 aromatic carbocycles. The van der Waals surface area contributed by atoms with Gasteiger partial charge in [-0.05, 0) is 22.0 Å². The van der Waals surface area contributed by atoms with E-state index >= 15 is 0 Å². The molecule has 0 spiro atoms. The zero-order valence-corrected chi connectivity index (χ0v) is 12.4. The van der Waals surface area contributed by atoms with Gasteiger partial charge in [0.05, 0.1) is 17.7 Å². The topological polar surface area (TPSA) is 38.3 Å². The normalized spacial score (nSPS) is 10.0. The molecule has 88 valence electrons. The molecule has 0 aliphatic heterocycles. The second-order valence-corrected chi connectivity index (χ2v) is 4.97. The maximum absolute atomic E-state index is 11.8.